The molecular formula is C8H9ClSe. The molecule has 0 aliphatic heterocycles. The van der Waals surface area contributed by atoms with Gasteiger partial charge in [0.25, 0.3) is 0 Å². The summed E-state index contributed by atoms with van der Waals surface area (Å²) in [5.41, 5.74) is 1.26. The van der Waals surface area contributed by atoms with E-state index in [-0.39, 0.29) is 0 Å². The van der Waals surface area contributed by atoms with E-state index < -0.39 is 0 Å². The van der Waals surface area contributed by atoms with Crippen LogP contribution < -0.4 is 4.46 Å². The first kappa shape index (κ1) is 8.13. The second-order valence-corrected chi connectivity index (χ2v) is 4.45. The molecule has 0 amide bonds. The number of rotatable bonds is 1. The van der Waals surface area contributed by atoms with Gasteiger partial charge in [0, 0.05) is 0 Å². The monoisotopic (exact) mass is 220 g/mol. The van der Waals surface area contributed by atoms with E-state index in [1.165, 1.54) is 10.0 Å². The number of benzene rings is 1. The summed E-state index contributed by atoms with van der Waals surface area (Å²) in [6, 6.07) is 6.21. The van der Waals surface area contributed by atoms with Crippen LogP contribution in [0.25, 0.3) is 0 Å². The minimum atomic E-state index is 0.565. The maximum absolute atomic E-state index is 5.84. The number of hydrogen-bond donors (Lipinski definition) is 0. The van der Waals surface area contributed by atoms with E-state index in [0.717, 1.165) is 5.02 Å². The Labute approximate surface area is 72.7 Å². The first-order valence-electron chi connectivity index (χ1n) is 3.03. The molecular weight excluding hydrogens is 211 g/mol. The molecule has 1 aromatic carbocycles. The van der Waals surface area contributed by atoms with E-state index in [1.54, 1.807) is 0 Å². The van der Waals surface area contributed by atoms with E-state index in [9.17, 15) is 0 Å². The van der Waals surface area contributed by atoms with Gasteiger partial charge in [0.05, 0.1) is 0 Å². The molecule has 10 heavy (non-hydrogen) atoms. The molecule has 0 saturated heterocycles. The normalized spacial score (nSPS) is 9.90. The molecule has 0 bridgehead atoms. The number of aryl methyl sites for hydroxylation is 1. The van der Waals surface area contributed by atoms with Crippen molar-refractivity contribution in [3.05, 3.63) is 28.8 Å². The van der Waals surface area contributed by atoms with Crippen molar-refractivity contribution in [2.24, 2.45) is 0 Å². The van der Waals surface area contributed by atoms with Crippen molar-refractivity contribution in [2.45, 2.75) is 12.7 Å². The molecule has 0 saturated carbocycles. The fraction of sp³-hybridized carbons (Fsp3) is 0.250. The molecule has 0 atom stereocenters. The SMILES string of the molecule is C[Se]c1cc(C)cc(Cl)c1. The first-order chi connectivity index (χ1) is 4.72. The predicted octanol–water partition coefficient (Wildman–Crippen LogP) is 2.03. The van der Waals surface area contributed by atoms with E-state index >= 15 is 0 Å². The van der Waals surface area contributed by atoms with Crippen LogP contribution in [0.5, 0.6) is 0 Å². The molecule has 1 rings (SSSR count). The van der Waals surface area contributed by atoms with Crippen LogP contribution >= 0.6 is 11.6 Å². The van der Waals surface area contributed by atoms with Crippen molar-refractivity contribution < 1.29 is 0 Å². The van der Waals surface area contributed by atoms with Crippen molar-refractivity contribution >= 4 is 31.0 Å². The Morgan fingerprint density at radius 1 is 1.30 bits per heavy atom. The third-order valence-electron chi connectivity index (χ3n) is 1.25. The summed E-state index contributed by atoms with van der Waals surface area (Å²) >= 11 is 6.40. The molecule has 1 aromatic rings. The van der Waals surface area contributed by atoms with E-state index in [4.69, 9.17) is 11.6 Å². The van der Waals surface area contributed by atoms with Crippen molar-refractivity contribution in [1.82, 2.24) is 0 Å². The Kier molecular flexibility index (Phi) is 2.79. The van der Waals surface area contributed by atoms with Gasteiger partial charge in [-0.3, -0.25) is 0 Å². The molecule has 0 nitrogen and oxygen atoms in total. The zero-order chi connectivity index (χ0) is 7.56. The standard InChI is InChI=1S/C8H9ClSe/c1-6-3-7(9)5-8(4-6)10-2/h3-5H,1-2H3. The van der Waals surface area contributed by atoms with Crippen LogP contribution in [0.2, 0.25) is 10.8 Å². The topological polar surface area (TPSA) is 0 Å². The van der Waals surface area contributed by atoms with E-state index in [1.807, 2.05) is 12.1 Å². The average molecular weight is 220 g/mol. The molecule has 0 fully saturated rings. The molecule has 0 aromatic heterocycles. The van der Waals surface area contributed by atoms with Gasteiger partial charge in [-0.15, -0.1) is 0 Å². The molecule has 0 radical (unpaired) electrons. The Morgan fingerprint density at radius 2 is 2.00 bits per heavy atom. The average Bonchev–Trinajstić information content (AvgIpc) is 1.85. The molecule has 0 aliphatic carbocycles. The summed E-state index contributed by atoms with van der Waals surface area (Å²) in [6.07, 6.45) is 0. The van der Waals surface area contributed by atoms with Gasteiger partial charge in [0.15, 0.2) is 0 Å². The minimum absolute atomic E-state index is 0.565. The van der Waals surface area contributed by atoms with Crippen LogP contribution in [-0.4, -0.2) is 15.0 Å². The third kappa shape index (κ3) is 2.02. The second-order valence-electron chi connectivity index (χ2n) is 2.17. The molecule has 0 unspecified atom stereocenters. The number of halogens is 1. The number of hydrogen-bond acceptors (Lipinski definition) is 0. The Bertz CT molecular complexity index is 212. The fourth-order valence-electron chi connectivity index (χ4n) is 0.821. The van der Waals surface area contributed by atoms with Crippen LogP contribution in [-0.2, 0) is 0 Å². The van der Waals surface area contributed by atoms with Gasteiger partial charge in [0.1, 0.15) is 0 Å². The zero-order valence-electron chi connectivity index (χ0n) is 6.02. The Hall–Kier alpha value is 0.0295. The predicted molar refractivity (Wildman–Crippen MR) is 47.4 cm³/mol. The van der Waals surface area contributed by atoms with Crippen LogP contribution in [0.15, 0.2) is 18.2 Å². The zero-order valence-corrected chi connectivity index (χ0v) is 8.49. The molecule has 0 spiro atoms. The summed E-state index contributed by atoms with van der Waals surface area (Å²) < 4.78 is 1.37. The van der Waals surface area contributed by atoms with Crippen LogP contribution in [0, 0.1) is 6.92 Å². The van der Waals surface area contributed by atoms with Gasteiger partial charge in [-0.2, -0.15) is 0 Å². The van der Waals surface area contributed by atoms with Crippen molar-refractivity contribution in [3.63, 3.8) is 0 Å². The van der Waals surface area contributed by atoms with Crippen molar-refractivity contribution in [2.75, 3.05) is 0 Å². The van der Waals surface area contributed by atoms with Gasteiger partial charge in [0.2, 0.25) is 0 Å². The van der Waals surface area contributed by atoms with Crippen LogP contribution in [0.1, 0.15) is 5.56 Å². The summed E-state index contributed by atoms with van der Waals surface area (Å²) in [6.45, 7) is 2.07. The van der Waals surface area contributed by atoms with Gasteiger partial charge < -0.3 is 0 Å². The summed E-state index contributed by atoms with van der Waals surface area (Å²) in [5, 5.41) is 0.860. The molecule has 0 N–H and O–H groups in total. The molecule has 0 aliphatic rings. The summed E-state index contributed by atoms with van der Waals surface area (Å²) in [7, 11) is 0. The third-order valence-corrected chi connectivity index (χ3v) is 2.95. The van der Waals surface area contributed by atoms with E-state index in [0.29, 0.717) is 15.0 Å². The van der Waals surface area contributed by atoms with Crippen molar-refractivity contribution in [3.8, 4) is 0 Å². The first-order valence-corrected chi connectivity index (χ1v) is 5.98. The summed E-state index contributed by atoms with van der Waals surface area (Å²) in [5.74, 6) is 2.19. The van der Waals surface area contributed by atoms with Crippen molar-refractivity contribution in [1.29, 1.82) is 0 Å². The molecule has 54 valence electrons. The Balaban J connectivity index is 3.06. The van der Waals surface area contributed by atoms with E-state index in [2.05, 4.69) is 18.8 Å². The van der Waals surface area contributed by atoms with Gasteiger partial charge in [-0.05, 0) is 0 Å². The second kappa shape index (κ2) is 3.43. The van der Waals surface area contributed by atoms with Gasteiger partial charge in [-0.1, -0.05) is 0 Å². The quantitative estimate of drug-likeness (QED) is 0.634. The summed E-state index contributed by atoms with van der Waals surface area (Å²) in [4.78, 5) is 0. The van der Waals surface area contributed by atoms with Gasteiger partial charge >= 0.3 is 72.6 Å². The molecule has 2 heteroatoms. The van der Waals surface area contributed by atoms with Gasteiger partial charge in [-0.25, -0.2) is 0 Å². The molecule has 0 heterocycles. The Morgan fingerprint density at radius 3 is 2.50 bits per heavy atom. The van der Waals surface area contributed by atoms with Crippen LogP contribution in [0.4, 0.5) is 0 Å². The maximum atomic E-state index is 5.84. The van der Waals surface area contributed by atoms with Crippen LogP contribution in [0.3, 0.4) is 0 Å². The fourth-order valence-corrected chi connectivity index (χ4v) is 2.41.